The number of piperazine rings is 1. The van der Waals surface area contributed by atoms with Crippen molar-refractivity contribution in [3.8, 4) is 0 Å². The largest absolute Gasteiger partial charge is 0.356 e. The molecule has 0 atom stereocenters. The van der Waals surface area contributed by atoms with Crippen molar-refractivity contribution in [3.05, 3.63) is 35.9 Å². The molecule has 2 amide bonds. The molecule has 0 bridgehead atoms. The van der Waals surface area contributed by atoms with E-state index in [2.05, 4.69) is 9.80 Å². The van der Waals surface area contributed by atoms with E-state index in [9.17, 15) is 9.59 Å². The maximum absolute atomic E-state index is 13.5. The molecular weight excluding hydrogens is 390 g/mol. The molecule has 31 heavy (non-hydrogen) atoms. The summed E-state index contributed by atoms with van der Waals surface area (Å²) in [7, 11) is 0. The lowest BCUT2D eigenvalue weighted by atomic mass is 10.1. The molecule has 0 N–H and O–H groups in total. The third kappa shape index (κ3) is 4.24. The number of hydrogen-bond donors (Lipinski definition) is 0. The van der Waals surface area contributed by atoms with Gasteiger partial charge in [-0.05, 0) is 37.8 Å². The summed E-state index contributed by atoms with van der Waals surface area (Å²) in [6.45, 7) is 6.96. The number of carbonyl (C=O) groups excluding carboxylic acids is 2. The third-order valence-corrected chi connectivity index (χ3v) is 6.82. The van der Waals surface area contributed by atoms with E-state index < -0.39 is 0 Å². The molecule has 0 radical (unpaired) electrons. The van der Waals surface area contributed by atoms with Crippen LogP contribution < -0.4 is 4.90 Å². The monoisotopic (exact) mass is 421 g/mol. The number of likely N-dealkylation sites (tertiary alicyclic amines) is 1. The van der Waals surface area contributed by atoms with Gasteiger partial charge in [0.25, 0.3) is 5.91 Å². The molecule has 7 heteroatoms. The first-order chi connectivity index (χ1) is 15.2. The molecule has 4 heterocycles. The van der Waals surface area contributed by atoms with Crippen LogP contribution in [0.15, 0.2) is 30.3 Å². The van der Waals surface area contributed by atoms with Crippen molar-refractivity contribution < 1.29 is 9.59 Å². The van der Waals surface area contributed by atoms with Crippen LogP contribution in [0.1, 0.15) is 36.0 Å². The second kappa shape index (κ2) is 8.83. The van der Waals surface area contributed by atoms with E-state index in [1.54, 1.807) is 0 Å². The Kier molecular flexibility index (Phi) is 5.76. The van der Waals surface area contributed by atoms with E-state index in [0.29, 0.717) is 25.2 Å². The highest BCUT2D eigenvalue weighted by Crippen LogP contribution is 2.28. The van der Waals surface area contributed by atoms with E-state index in [1.807, 2.05) is 40.1 Å². The van der Waals surface area contributed by atoms with Crippen molar-refractivity contribution in [3.63, 3.8) is 0 Å². The summed E-state index contributed by atoms with van der Waals surface area (Å²) < 4.78 is 0. The summed E-state index contributed by atoms with van der Waals surface area (Å²) >= 11 is 0. The molecule has 0 saturated carbocycles. The quantitative estimate of drug-likeness (QED) is 0.758. The van der Waals surface area contributed by atoms with Gasteiger partial charge >= 0.3 is 0 Å². The van der Waals surface area contributed by atoms with Crippen molar-refractivity contribution in [2.24, 2.45) is 0 Å². The lowest BCUT2D eigenvalue weighted by Crippen LogP contribution is -2.51. The SMILES string of the molecule is O=C(CN1CCN(C(=O)c2cc3ccccc3nc2N2CCCC2)CC1)N1CCCC1. The molecule has 5 rings (SSSR count). The number of amides is 2. The minimum Gasteiger partial charge on any atom is -0.356 e. The number of rotatable bonds is 4. The second-order valence-electron chi connectivity index (χ2n) is 8.90. The Morgan fingerprint density at radius 3 is 2.23 bits per heavy atom. The van der Waals surface area contributed by atoms with Crippen LogP contribution in [0.4, 0.5) is 5.82 Å². The van der Waals surface area contributed by atoms with E-state index in [0.717, 1.165) is 81.7 Å². The maximum atomic E-state index is 13.5. The highest BCUT2D eigenvalue weighted by atomic mass is 16.2. The molecule has 164 valence electrons. The van der Waals surface area contributed by atoms with Gasteiger partial charge < -0.3 is 14.7 Å². The number of nitrogens with zero attached hydrogens (tertiary/aromatic N) is 5. The van der Waals surface area contributed by atoms with Crippen LogP contribution in [0.2, 0.25) is 0 Å². The standard InChI is InChI=1S/C24H31N5O2/c30-22(27-9-3-4-10-27)18-26-13-15-29(16-14-26)24(31)20-17-19-7-1-2-8-21(19)25-23(20)28-11-5-6-12-28/h1-2,7-8,17H,3-6,9-16,18H2. The maximum Gasteiger partial charge on any atom is 0.257 e. The Labute approximate surface area is 183 Å². The average Bonchev–Trinajstić information content (AvgIpc) is 3.53. The fourth-order valence-corrected chi connectivity index (χ4v) is 4.97. The number of pyridine rings is 1. The van der Waals surface area contributed by atoms with Gasteiger partial charge in [-0.1, -0.05) is 18.2 Å². The van der Waals surface area contributed by atoms with Gasteiger partial charge in [-0.2, -0.15) is 0 Å². The first-order valence-corrected chi connectivity index (χ1v) is 11.6. The van der Waals surface area contributed by atoms with Gasteiger partial charge in [0.1, 0.15) is 5.82 Å². The second-order valence-corrected chi connectivity index (χ2v) is 8.90. The highest BCUT2D eigenvalue weighted by molar-refractivity contribution is 6.02. The van der Waals surface area contributed by atoms with Gasteiger partial charge in [-0.25, -0.2) is 4.98 Å². The predicted molar refractivity (Wildman–Crippen MR) is 121 cm³/mol. The third-order valence-electron chi connectivity index (χ3n) is 6.82. The summed E-state index contributed by atoms with van der Waals surface area (Å²) in [5, 5.41) is 1.00. The van der Waals surface area contributed by atoms with Crippen LogP contribution in [-0.4, -0.2) is 90.4 Å². The topological polar surface area (TPSA) is 60.0 Å². The fourth-order valence-electron chi connectivity index (χ4n) is 4.97. The van der Waals surface area contributed by atoms with Crippen LogP contribution in [0.25, 0.3) is 10.9 Å². The van der Waals surface area contributed by atoms with Crippen LogP contribution >= 0.6 is 0 Å². The number of aromatic nitrogens is 1. The number of benzene rings is 1. The van der Waals surface area contributed by atoms with E-state index in [4.69, 9.17) is 4.98 Å². The highest BCUT2D eigenvalue weighted by Gasteiger charge is 2.29. The Bertz CT molecular complexity index is 958. The van der Waals surface area contributed by atoms with Crippen molar-refractivity contribution >= 4 is 28.5 Å². The lowest BCUT2D eigenvalue weighted by Gasteiger charge is -2.35. The average molecular weight is 422 g/mol. The van der Waals surface area contributed by atoms with Gasteiger partial charge in [0, 0.05) is 57.7 Å². The lowest BCUT2D eigenvalue weighted by molar-refractivity contribution is -0.131. The van der Waals surface area contributed by atoms with Gasteiger partial charge in [0.05, 0.1) is 17.6 Å². The Balaban J connectivity index is 1.30. The van der Waals surface area contributed by atoms with Crippen molar-refractivity contribution in [1.29, 1.82) is 0 Å². The summed E-state index contributed by atoms with van der Waals surface area (Å²) in [6.07, 6.45) is 4.53. The van der Waals surface area contributed by atoms with Crippen LogP contribution in [0.3, 0.4) is 0 Å². The fraction of sp³-hybridized carbons (Fsp3) is 0.542. The molecule has 7 nitrogen and oxygen atoms in total. The normalized spacial score (nSPS) is 20.1. The Hall–Kier alpha value is -2.67. The summed E-state index contributed by atoms with van der Waals surface area (Å²) in [5.74, 6) is 1.12. The number of anilines is 1. The Morgan fingerprint density at radius 1 is 0.806 bits per heavy atom. The smallest absolute Gasteiger partial charge is 0.257 e. The van der Waals surface area contributed by atoms with Crippen molar-refractivity contribution in [2.45, 2.75) is 25.7 Å². The van der Waals surface area contributed by atoms with E-state index in [1.165, 1.54) is 0 Å². The minimum absolute atomic E-state index is 0.0608. The van der Waals surface area contributed by atoms with Gasteiger partial charge in [0.15, 0.2) is 0 Å². The Morgan fingerprint density at radius 2 is 1.48 bits per heavy atom. The summed E-state index contributed by atoms with van der Waals surface area (Å²) in [5.41, 5.74) is 1.65. The van der Waals surface area contributed by atoms with Crippen LogP contribution in [-0.2, 0) is 4.79 Å². The summed E-state index contributed by atoms with van der Waals surface area (Å²) in [4.78, 5) is 39.2. The van der Waals surface area contributed by atoms with E-state index in [-0.39, 0.29) is 11.8 Å². The first kappa shape index (κ1) is 20.2. The van der Waals surface area contributed by atoms with Crippen LogP contribution in [0.5, 0.6) is 0 Å². The molecule has 2 aromatic rings. The molecule has 3 aliphatic heterocycles. The number of hydrogen-bond acceptors (Lipinski definition) is 5. The molecule has 3 saturated heterocycles. The molecule has 0 spiro atoms. The zero-order valence-electron chi connectivity index (χ0n) is 18.1. The predicted octanol–water partition coefficient (Wildman–Crippen LogP) is 2.22. The zero-order valence-corrected chi connectivity index (χ0v) is 18.1. The number of carbonyl (C=O) groups is 2. The minimum atomic E-state index is 0.0608. The zero-order chi connectivity index (χ0) is 21.2. The molecule has 3 fully saturated rings. The van der Waals surface area contributed by atoms with Gasteiger partial charge in [-0.3, -0.25) is 14.5 Å². The van der Waals surface area contributed by atoms with Crippen molar-refractivity contribution in [1.82, 2.24) is 19.7 Å². The summed E-state index contributed by atoms with van der Waals surface area (Å²) in [6, 6.07) is 10.0. The molecule has 1 aromatic carbocycles. The van der Waals surface area contributed by atoms with Crippen molar-refractivity contribution in [2.75, 3.05) is 63.8 Å². The molecule has 0 unspecified atom stereocenters. The number of fused-ring (bicyclic) bond motifs is 1. The van der Waals surface area contributed by atoms with E-state index >= 15 is 0 Å². The van der Waals surface area contributed by atoms with Crippen LogP contribution in [0, 0.1) is 0 Å². The van der Waals surface area contributed by atoms with Gasteiger partial charge in [-0.15, -0.1) is 0 Å². The molecular formula is C24H31N5O2. The number of para-hydroxylation sites is 1. The molecule has 1 aromatic heterocycles. The van der Waals surface area contributed by atoms with Gasteiger partial charge in [0.2, 0.25) is 5.91 Å². The molecule has 3 aliphatic rings. The molecule has 0 aliphatic carbocycles. The first-order valence-electron chi connectivity index (χ1n) is 11.6.